The third-order valence-corrected chi connectivity index (χ3v) is 4.71. The van der Waals surface area contributed by atoms with Crippen molar-refractivity contribution >= 4 is 10.2 Å². The van der Waals surface area contributed by atoms with Crippen LogP contribution < -0.4 is 0 Å². The van der Waals surface area contributed by atoms with Gasteiger partial charge in [-0.2, -0.15) is 0 Å². The highest BCUT2D eigenvalue weighted by Gasteiger charge is 2.33. The van der Waals surface area contributed by atoms with Crippen LogP contribution in [-0.4, -0.2) is 43.1 Å². The van der Waals surface area contributed by atoms with Crippen LogP contribution in [0.25, 0.3) is 0 Å². The minimum Gasteiger partial charge on any atom is -0.376 e. The zero-order chi connectivity index (χ0) is 12.4. The predicted octanol–water partition coefficient (Wildman–Crippen LogP) is 1.67. The van der Waals surface area contributed by atoms with Crippen LogP contribution in [0.3, 0.4) is 0 Å². The van der Waals surface area contributed by atoms with Crippen molar-refractivity contribution in [1.82, 2.24) is 0 Å². The Bertz CT molecular complexity index is 160. The molecule has 0 aliphatic heterocycles. The van der Waals surface area contributed by atoms with Crippen molar-refractivity contribution in [1.29, 1.82) is 0 Å². The van der Waals surface area contributed by atoms with Gasteiger partial charge in [0.2, 0.25) is 0 Å². The molecule has 1 unspecified atom stereocenters. The number of hydrogen-bond donors (Lipinski definition) is 0. The monoisotopic (exact) mass is 248 g/mol. The van der Waals surface area contributed by atoms with Gasteiger partial charge < -0.3 is 14.2 Å². The highest BCUT2D eigenvalue weighted by molar-refractivity contribution is 6.13. The van der Waals surface area contributed by atoms with Gasteiger partial charge in [-0.25, -0.2) is 0 Å². The topological polar surface area (TPSA) is 27.7 Å². The quantitative estimate of drug-likeness (QED) is 0.334. The highest BCUT2D eigenvalue weighted by Crippen LogP contribution is 2.20. The average Bonchev–Trinajstić information content (AvgIpc) is 2.33. The zero-order valence-electron chi connectivity index (χ0n) is 11.5. The summed E-state index contributed by atoms with van der Waals surface area (Å²) in [5, 5.41) is 0. The van der Waals surface area contributed by atoms with E-state index in [9.17, 15) is 0 Å². The van der Waals surface area contributed by atoms with E-state index in [2.05, 4.69) is 6.92 Å². The molecule has 0 fully saturated rings. The molecule has 4 heteroatoms. The minimum atomic E-state index is -0.487. The summed E-state index contributed by atoms with van der Waals surface area (Å²) in [5.41, 5.74) is -0.487. The van der Waals surface area contributed by atoms with Crippen LogP contribution in [0.2, 0.25) is 0 Å². The fraction of sp³-hybridized carbons (Fsp3) is 1.00. The molecule has 0 amide bonds. The molecule has 0 aliphatic carbocycles. The molecule has 0 aromatic carbocycles. The van der Waals surface area contributed by atoms with Gasteiger partial charge in [-0.05, 0) is 6.42 Å². The second-order valence-corrected chi connectivity index (χ2v) is 5.75. The molecule has 0 saturated carbocycles. The van der Waals surface area contributed by atoms with Crippen molar-refractivity contribution in [2.75, 3.05) is 21.3 Å². The van der Waals surface area contributed by atoms with Gasteiger partial charge in [0.05, 0.1) is 10.2 Å². The van der Waals surface area contributed by atoms with Crippen LogP contribution in [-0.2, 0) is 14.2 Å². The van der Waals surface area contributed by atoms with E-state index in [1.165, 1.54) is 32.1 Å². The van der Waals surface area contributed by atoms with Gasteiger partial charge in [0, 0.05) is 21.3 Å². The van der Waals surface area contributed by atoms with Crippen molar-refractivity contribution in [3.63, 3.8) is 0 Å². The molecule has 0 rings (SSSR count). The number of hydrogen-bond acceptors (Lipinski definition) is 3. The Balaban J connectivity index is 3.90. The molecule has 0 heterocycles. The van der Waals surface area contributed by atoms with Gasteiger partial charge in [-0.1, -0.05) is 39.0 Å². The Morgan fingerprint density at radius 1 is 1.00 bits per heavy atom. The van der Waals surface area contributed by atoms with Crippen LogP contribution in [0.5, 0.6) is 0 Å². The second-order valence-electron chi connectivity index (χ2n) is 4.35. The van der Waals surface area contributed by atoms with E-state index in [1.54, 1.807) is 21.3 Å². The molecular formula is C12H28O3Si. The van der Waals surface area contributed by atoms with Gasteiger partial charge in [-0.15, -0.1) is 0 Å². The van der Waals surface area contributed by atoms with Crippen LogP contribution in [0.4, 0.5) is 0 Å². The summed E-state index contributed by atoms with van der Waals surface area (Å²) in [6.45, 7) is 2.23. The zero-order valence-corrected chi connectivity index (χ0v) is 13.5. The number of unbranched alkanes of at least 4 members (excludes halogenated alkanes) is 4. The number of ether oxygens (including phenoxy) is 3. The Kier molecular flexibility index (Phi) is 9.22. The molecule has 0 aromatic heterocycles. The smallest absolute Gasteiger partial charge is 0.165 e. The fourth-order valence-electron chi connectivity index (χ4n) is 1.87. The molecule has 0 saturated heterocycles. The molecule has 16 heavy (non-hydrogen) atoms. The molecule has 3 nitrogen and oxygen atoms in total. The van der Waals surface area contributed by atoms with Gasteiger partial charge in [0.25, 0.3) is 0 Å². The summed E-state index contributed by atoms with van der Waals surface area (Å²) in [5.74, 6) is 0. The number of rotatable bonds is 10. The Morgan fingerprint density at radius 2 is 1.56 bits per heavy atom. The predicted molar refractivity (Wildman–Crippen MR) is 70.9 cm³/mol. The normalized spacial score (nSPS) is 14.2. The largest absolute Gasteiger partial charge is 0.376 e. The van der Waals surface area contributed by atoms with E-state index >= 15 is 0 Å². The SMILES string of the molecule is CCCCCCCC(OC)C([SiH3])(OC)OC. The first kappa shape index (κ1) is 16.1. The number of methoxy groups -OCH3 is 3. The Labute approximate surface area is 103 Å². The highest BCUT2D eigenvalue weighted by atomic mass is 28.1. The molecular weight excluding hydrogens is 220 g/mol. The van der Waals surface area contributed by atoms with E-state index in [-0.39, 0.29) is 6.10 Å². The van der Waals surface area contributed by atoms with E-state index in [1.807, 2.05) is 0 Å². The summed E-state index contributed by atoms with van der Waals surface area (Å²) in [4.78, 5) is 0. The van der Waals surface area contributed by atoms with Gasteiger partial charge in [0.15, 0.2) is 5.41 Å². The molecule has 0 aromatic rings. The third-order valence-electron chi connectivity index (χ3n) is 3.25. The lowest BCUT2D eigenvalue weighted by Crippen LogP contribution is -2.47. The van der Waals surface area contributed by atoms with E-state index in [0.29, 0.717) is 0 Å². The molecule has 0 N–H and O–H groups in total. The van der Waals surface area contributed by atoms with E-state index in [0.717, 1.165) is 16.7 Å². The maximum Gasteiger partial charge on any atom is 0.165 e. The molecule has 0 aliphatic rings. The lowest BCUT2D eigenvalue weighted by atomic mass is 10.1. The maximum atomic E-state index is 5.49. The molecule has 1 atom stereocenters. The van der Waals surface area contributed by atoms with Gasteiger partial charge in [0.1, 0.15) is 6.10 Å². The summed E-state index contributed by atoms with van der Waals surface area (Å²) in [6.07, 6.45) is 7.49. The molecule has 98 valence electrons. The average molecular weight is 248 g/mol. The first-order chi connectivity index (χ1) is 7.64. The lowest BCUT2D eigenvalue weighted by Gasteiger charge is -2.34. The maximum absolute atomic E-state index is 5.49. The van der Waals surface area contributed by atoms with E-state index in [4.69, 9.17) is 14.2 Å². The van der Waals surface area contributed by atoms with Crippen molar-refractivity contribution in [2.45, 2.75) is 57.0 Å². The van der Waals surface area contributed by atoms with E-state index < -0.39 is 5.41 Å². The van der Waals surface area contributed by atoms with Crippen molar-refractivity contribution in [3.05, 3.63) is 0 Å². The van der Waals surface area contributed by atoms with Crippen molar-refractivity contribution < 1.29 is 14.2 Å². The minimum absolute atomic E-state index is 0.0655. The van der Waals surface area contributed by atoms with Crippen LogP contribution in [0.15, 0.2) is 0 Å². The summed E-state index contributed by atoms with van der Waals surface area (Å²) >= 11 is 0. The summed E-state index contributed by atoms with van der Waals surface area (Å²) < 4.78 is 16.4. The third kappa shape index (κ3) is 5.43. The van der Waals surface area contributed by atoms with Crippen molar-refractivity contribution in [3.8, 4) is 0 Å². The molecule has 0 radical (unpaired) electrons. The first-order valence-corrected chi connectivity index (χ1v) is 7.27. The summed E-state index contributed by atoms with van der Waals surface area (Å²) in [6, 6.07) is 0. The Hall–Kier alpha value is 0.0969. The first-order valence-electron chi connectivity index (χ1n) is 6.27. The molecule has 0 bridgehead atoms. The van der Waals surface area contributed by atoms with Crippen LogP contribution in [0, 0.1) is 0 Å². The van der Waals surface area contributed by atoms with Gasteiger partial charge >= 0.3 is 0 Å². The fourth-order valence-corrected chi connectivity index (χ4v) is 2.40. The van der Waals surface area contributed by atoms with Crippen molar-refractivity contribution in [2.24, 2.45) is 0 Å². The van der Waals surface area contributed by atoms with Gasteiger partial charge in [-0.3, -0.25) is 0 Å². The van der Waals surface area contributed by atoms with Crippen LogP contribution in [0.1, 0.15) is 45.4 Å². The standard InChI is InChI=1S/C12H28O3Si/c1-5-6-7-8-9-10-11(13-2)12(16,14-3)15-4/h11H,5-10H2,1-4,16H3. The van der Waals surface area contributed by atoms with Crippen LogP contribution >= 0.6 is 0 Å². The lowest BCUT2D eigenvalue weighted by molar-refractivity contribution is -0.209. The summed E-state index contributed by atoms with van der Waals surface area (Å²) in [7, 11) is 5.94. The second kappa shape index (κ2) is 9.16. The Morgan fingerprint density at radius 3 is 2.00 bits per heavy atom. The molecule has 0 spiro atoms.